The number of nitrogens with zero attached hydrogens (tertiary/aromatic N) is 3. The molecule has 0 aliphatic carbocycles. The van der Waals surface area contributed by atoms with E-state index in [2.05, 4.69) is 10.3 Å². The number of benzene rings is 2. The third kappa shape index (κ3) is 5.29. The second-order valence-corrected chi connectivity index (χ2v) is 8.74. The van der Waals surface area contributed by atoms with E-state index in [0.29, 0.717) is 46.0 Å². The molecule has 1 atom stereocenters. The van der Waals surface area contributed by atoms with Crippen molar-refractivity contribution in [2.45, 2.75) is 25.9 Å². The van der Waals surface area contributed by atoms with Crippen LogP contribution in [0.2, 0.25) is 10.0 Å². The molecule has 3 aromatic rings. The van der Waals surface area contributed by atoms with Crippen LogP contribution in [0.25, 0.3) is 0 Å². The average molecular weight is 503 g/mol. The Labute approximate surface area is 207 Å². The van der Waals surface area contributed by atoms with Gasteiger partial charge in [-0.1, -0.05) is 35.3 Å². The van der Waals surface area contributed by atoms with E-state index in [9.17, 15) is 9.59 Å². The van der Waals surface area contributed by atoms with Crippen LogP contribution in [-0.2, 0) is 17.8 Å². The normalized spacial score (nSPS) is 13.7. The minimum Gasteiger partial charge on any atom is -0.484 e. The highest BCUT2D eigenvalue weighted by molar-refractivity contribution is 6.30. The molecule has 4 rings (SSSR count). The number of hydrogen-bond donors (Lipinski definition) is 1. The smallest absolute Gasteiger partial charge is 0.293 e. The van der Waals surface area contributed by atoms with Crippen molar-refractivity contribution in [1.82, 2.24) is 14.6 Å². The Morgan fingerprint density at radius 1 is 1.12 bits per heavy atom. The van der Waals surface area contributed by atoms with Crippen molar-refractivity contribution < 1.29 is 14.4 Å². The van der Waals surface area contributed by atoms with E-state index < -0.39 is 0 Å². The van der Waals surface area contributed by atoms with Crippen molar-refractivity contribution in [1.29, 1.82) is 0 Å². The molecule has 0 spiro atoms. The van der Waals surface area contributed by atoms with Gasteiger partial charge in [0.25, 0.3) is 11.5 Å². The number of rotatable bonds is 7. The van der Waals surface area contributed by atoms with Crippen molar-refractivity contribution in [2.75, 3.05) is 25.6 Å². The number of halogens is 2. The lowest BCUT2D eigenvalue weighted by Gasteiger charge is -2.29. The second-order valence-electron chi connectivity index (χ2n) is 7.87. The summed E-state index contributed by atoms with van der Waals surface area (Å²) in [6.07, 6.45) is 0.450. The van der Waals surface area contributed by atoms with E-state index in [4.69, 9.17) is 32.8 Å². The second kappa shape index (κ2) is 10.4. The average Bonchev–Trinajstić information content (AvgIpc) is 2.84. The molecule has 1 aliphatic heterocycles. The molecule has 1 N–H and O–H groups in total. The van der Waals surface area contributed by atoms with Gasteiger partial charge in [0.2, 0.25) is 5.95 Å². The number of aromatic nitrogens is 2. The van der Waals surface area contributed by atoms with Gasteiger partial charge in [0, 0.05) is 23.0 Å². The molecule has 0 unspecified atom stereocenters. The van der Waals surface area contributed by atoms with E-state index in [1.807, 2.05) is 19.1 Å². The third-order valence-corrected chi connectivity index (χ3v) is 6.12. The van der Waals surface area contributed by atoms with Gasteiger partial charge in [0.1, 0.15) is 12.9 Å². The molecule has 0 bridgehead atoms. The molecule has 34 heavy (non-hydrogen) atoms. The van der Waals surface area contributed by atoms with Gasteiger partial charge in [-0.25, -0.2) is 4.98 Å². The fraction of sp³-hybridized carbons (Fsp3) is 0.292. The molecule has 0 fully saturated rings. The molecule has 0 saturated carbocycles. The first-order valence-electron chi connectivity index (χ1n) is 10.7. The minimum atomic E-state index is -0.352. The zero-order valence-electron chi connectivity index (χ0n) is 18.8. The van der Waals surface area contributed by atoms with E-state index in [1.54, 1.807) is 41.3 Å². The van der Waals surface area contributed by atoms with Gasteiger partial charge >= 0.3 is 0 Å². The van der Waals surface area contributed by atoms with Gasteiger partial charge in [-0.05, 0) is 48.9 Å². The van der Waals surface area contributed by atoms with Crippen LogP contribution in [0.5, 0.6) is 5.75 Å². The van der Waals surface area contributed by atoms with Crippen molar-refractivity contribution in [2.24, 2.45) is 0 Å². The zero-order valence-corrected chi connectivity index (χ0v) is 20.3. The maximum Gasteiger partial charge on any atom is 0.293 e. The quantitative estimate of drug-likeness (QED) is 0.529. The molecule has 1 aromatic heterocycles. The Morgan fingerprint density at radius 2 is 1.76 bits per heavy atom. The van der Waals surface area contributed by atoms with Crippen LogP contribution in [0.15, 0.2) is 53.3 Å². The predicted molar refractivity (Wildman–Crippen MR) is 131 cm³/mol. The van der Waals surface area contributed by atoms with Crippen LogP contribution in [0.1, 0.15) is 29.8 Å². The number of amides is 1. The molecule has 2 heterocycles. The number of hydrogen-bond acceptors (Lipinski definition) is 6. The molecule has 1 amide bonds. The summed E-state index contributed by atoms with van der Waals surface area (Å²) in [7, 11) is 1.40. The maximum atomic E-state index is 13.2. The standard InChI is InChI=1S/C24H24Cl2N4O4/c1-15(16-3-5-17(25)6-4-16)27-24-28-21-11-12-29(13-20(21)23(32)30(24)33-2)22(31)14-34-19-9-7-18(26)8-10-19/h3-10,15H,11-14H2,1-2H3,(H,27,28)/t15-/m1/s1. The monoisotopic (exact) mass is 502 g/mol. The lowest BCUT2D eigenvalue weighted by atomic mass is 10.1. The topological polar surface area (TPSA) is 85.7 Å². The number of ether oxygens (including phenoxy) is 1. The van der Waals surface area contributed by atoms with Crippen molar-refractivity contribution in [3.63, 3.8) is 0 Å². The first-order valence-corrected chi connectivity index (χ1v) is 11.5. The molecular weight excluding hydrogens is 479 g/mol. The van der Waals surface area contributed by atoms with Crippen LogP contribution >= 0.6 is 23.2 Å². The van der Waals surface area contributed by atoms with Crippen LogP contribution in [-0.4, -0.2) is 40.8 Å². The molecule has 178 valence electrons. The SMILES string of the molecule is COn1c(N[C@H](C)c2ccc(Cl)cc2)nc2c(c1=O)CN(C(=O)COc1ccc(Cl)cc1)CC2. The van der Waals surface area contributed by atoms with Gasteiger partial charge < -0.3 is 19.8 Å². The molecule has 0 radical (unpaired) electrons. The summed E-state index contributed by atoms with van der Waals surface area (Å²) in [5, 5.41) is 4.47. The molecular formula is C24H24Cl2N4O4. The Kier molecular flexibility index (Phi) is 7.29. The van der Waals surface area contributed by atoms with Crippen molar-refractivity contribution in [3.05, 3.63) is 85.8 Å². The summed E-state index contributed by atoms with van der Waals surface area (Å²) in [5.74, 6) is 0.631. The molecule has 8 nitrogen and oxygen atoms in total. The third-order valence-electron chi connectivity index (χ3n) is 5.62. The highest BCUT2D eigenvalue weighted by Gasteiger charge is 2.27. The highest BCUT2D eigenvalue weighted by Crippen LogP contribution is 2.22. The number of anilines is 1. The molecule has 2 aromatic carbocycles. The van der Waals surface area contributed by atoms with Crippen molar-refractivity contribution in [3.8, 4) is 5.75 Å². The van der Waals surface area contributed by atoms with Gasteiger partial charge in [-0.3, -0.25) is 9.59 Å². The molecule has 1 aliphatic rings. The van der Waals surface area contributed by atoms with E-state index in [0.717, 1.165) is 10.3 Å². The molecule has 10 heteroatoms. The summed E-state index contributed by atoms with van der Waals surface area (Å²) < 4.78 is 6.67. The summed E-state index contributed by atoms with van der Waals surface area (Å²) >= 11 is 11.8. The van der Waals surface area contributed by atoms with E-state index in [-0.39, 0.29) is 30.7 Å². The first-order chi connectivity index (χ1) is 16.4. The van der Waals surface area contributed by atoms with Gasteiger partial charge in [-0.15, -0.1) is 4.73 Å². The summed E-state index contributed by atoms with van der Waals surface area (Å²) in [6, 6.07) is 14.1. The number of carbonyl (C=O) groups is 1. The fourth-order valence-corrected chi connectivity index (χ4v) is 3.98. The Bertz CT molecular complexity index is 1230. The van der Waals surface area contributed by atoms with E-state index >= 15 is 0 Å². The lowest BCUT2D eigenvalue weighted by Crippen LogP contribution is -2.44. The molecule has 0 saturated heterocycles. The zero-order chi connectivity index (χ0) is 24.2. The Balaban J connectivity index is 1.48. The van der Waals surface area contributed by atoms with Crippen LogP contribution in [0.3, 0.4) is 0 Å². The number of nitrogens with one attached hydrogen (secondary N) is 1. The summed E-state index contributed by atoms with van der Waals surface area (Å²) in [5.41, 5.74) is 1.70. The van der Waals surface area contributed by atoms with E-state index in [1.165, 1.54) is 7.11 Å². The number of carbonyl (C=O) groups excluding carboxylic acids is 1. The Hall–Kier alpha value is -3.23. The van der Waals surface area contributed by atoms with Gasteiger partial charge in [-0.2, -0.15) is 0 Å². The summed E-state index contributed by atoms with van der Waals surface area (Å²) in [4.78, 5) is 37.4. The van der Waals surface area contributed by atoms with Crippen LogP contribution in [0, 0.1) is 0 Å². The van der Waals surface area contributed by atoms with Gasteiger partial charge in [0.05, 0.1) is 23.8 Å². The minimum absolute atomic E-state index is 0.138. The maximum absolute atomic E-state index is 13.2. The van der Waals surface area contributed by atoms with Crippen LogP contribution in [0.4, 0.5) is 5.95 Å². The number of fused-ring (bicyclic) bond motifs is 1. The van der Waals surface area contributed by atoms with Gasteiger partial charge in [0.15, 0.2) is 6.61 Å². The summed E-state index contributed by atoms with van der Waals surface area (Å²) in [6.45, 7) is 2.39. The predicted octanol–water partition coefficient (Wildman–Crippen LogP) is 3.75. The first kappa shape index (κ1) is 23.9. The Morgan fingerprint density at radius 3 is 2.41 bits per heavy atom. The fourth-order valence-electron chi connectivity index (χ4n) is 3.73. The largest absolute Gasteiger partial charge is 0.484 e. The highest BCUT2D eigenvalue weighted by atomic mass is 35.5. The lowest BCUT2D eigenvalue weighted by molar-refractivity contribution is -0.134. The van der Waals surface area contributed by atoms with Crippen LogP contribution < -0.4 is 20.5 Å². The van der Waals surface area contributed by atoms with Crippen molar-refractivity contribution >= 4 is 35.1 Å².